The first kappa shape index (κ1) is 8.60. The lowest BCUT2D eigenvalue weighted by Crippen LogP contribution is -2.17. The molecule has 1 fully saturated rings. The Morgan fingerprint density at radius 3 is 2.77 bits per heavy atom. The van der Waals surface area contributed by atoms with Crippen molar-refractivity contribution in [1.29, 1.82) is 0 Å². The van der Waals surface area contributed by atoms with Gasteiger partial charge in [-0.05, 0) is 30.6 Å². The molecule has 0 saturated heterocycles. The molecule has 3 N–H and O–H groups in total. The minimum atomic E-state index is 0.402. The van der Waals surface area contributed by atoms with Crippen LogP contribution in [0.2, 0.25) is 0 Å². The van der Waals surface area contributed by atoms with Crippen LogP contribution in [-0.2, 0) is 6.42 Å². The average Bonchev–Trinajstić information content (AvgIpc) is 2.78. The minimum absolute atomic E-state index is 0.402. The highest BCUT2D eigenvalue weighted by molar-refractivity contribution is 5.28. The van der Waals surface area contributed by atoms with Crippen LogP contribution in [0.25, 0.3) is 0 Å². The number of nitrogens with zero attached hydrogens (tertiary/aromatic N) is 1. The fraction of sp³-hybridized carbons (Fsp3) is 0.700. The van der Waals surface area contributed by atoms with Crippen LogP contribution in [0.3, 0.4) is 0 Å². The minimum Gasteiger partial charge on any atom is -0.382 e. The predicted molar refractivity (Wildman–Crippen MR) is 53.2 cm³/mol. The number of nitrogens with two attached hydrogens (primary N) is 1. The lowest BCUT2D eigenvalue weighted by atomic mass is 9.83. The van der Waals surface area contributed by atoms with Crippen LogP contribution < -0.4 is 5.73 Å². The standard InChI is InChI=1S/C10H17N3/c1-10(2,7-3-4-7)6-8-5-9(11)13-12-8/h5,7H,3-4,6H2,1-2H3,(H3,11,12,13). The highest BCUT2D eigenvalue weighted by Crippen LogP contribution is 2.46. The third-order valence-corrected chi connectivity index (χ3v) is 2.98. The number of nitrogens with one attached hydrogen (secondary N) is 1. The van der Waals surface area contributed by atoms with Gasteiger partial charge in [-0.1, -0.05) is 13.8 Å². The van der Waals surface area contributed by atoms with E-state index in [-0.39, 0.29) is 0 Å². The Labute approximate surface area is 78.7 Å². The zero-order chi connectivity index (χ0) is 9.47. The molecule has 0 amide bonds. The molecule has 0 spiro atoms. The summed E-state index contributed by atoms with van der Waals surface area (Å²) < 4.78 is 0. The second kappa shape index (κ2) is 2.76. The maximum atomic E-state index is 5.55. The number of aromatic nitrogens is 2. The van der Waals surface area contributed by atoms with Crippen molar-refractivity contribution in [2.75, 3.05) is 5.73 Å². The topological polar surface area (TPSA) is 54.7 Å². The van der Waals surface area contributed by atoms with Gasteiger partial charge < -0.3 is 5.73 Å². The van der Waals surface area contributed by atoms with Crippen molar-refractivity contribution in [2.24, 2.45) is 11.3 Å². The van der Waals surface area contributed by atoms with E-state index in [1.54, 1.807) is 0 Å². The molecule has 3 heteroatoms. The Bertz CT molecular complexity index is 297. The van der Waals surface area contributed by atoms with Crippen molar-refractivity contribution >= 4 is 5.82 Å². The number of nitrogen functional groups attached to an aromatic ring is 1. The van der Waals surface area contributed by atoms with Gasteiger partial charge in [0.05, 0.1) is 0 Å². The first-order valence-corrected chi connectivity index (χ1v) is 4.88. The maximum absolute atomic E-state index is 5.55. The molecule has 1 saturated carbocycles. The van der Waals surface area contributed by atoms with Crippen molar-refractivity contribution in [1.82, 2.24) is 10.2 Å². The number of anilines is 1. The fourth-order valence-corrected chi connectivity index (χ4v) is 1.97. The second-order valence-electron chi connectivity index (χ2n) is 4.76. The molecule has 0 atom stereocenters. The van der Waals surface area contributed by atoms with Gasteiger partial charge in [0.15, 0.2) is 0 Å². The molecule has 1 heterocycles. The van der Waals surface area contributed by atoms with E-state index in [1.165, 1.54) is 12.8 Å². The van der Waals surface area contributed by atoms with Crippen LogP contribution in [0.15, 0.2) is 6.07 Å². The summed E-state index contributed by atoms with van der Waals surface area (Å²) in [6.45, 7) is 4.64. The Morgan fingerprint density at radius 2 is 2.31 bits per heavy atom. The van der Waals surface area contributed by atoms with E-state index in [9.17, 15) is 0 Å². The quantitative estimate of drug-likeness (QED) is 0.745. The third-order valence-electron chi connectivity index (χ3n) is 2.98. The zero-order valence-corrected chi connectivity index (χ0v) is 8.30. The molecule has 0 bridgehead atoms. The summed E-state index contributed by atoms with van der Waals surface area (Å²) in [5, 5.41) is 6.90. The summed E-state index contributed by atoms with van der Waals surface area (Å²) in [6, 6.07) is 1.93. The lowest BCUT2D eigenvalue weighted by molar-refractivity contribution is 0.304. The van der Waals surface area contributed by atoms with Crippen molar-refractivity contribution in [3.05, 3.63) is 11.8 Å². The van der Waals surface area contributed by atoms with Crippen molar-refractivity contribution < 1.29 is 0 Å². The van der Waals surface area contributed by atoms with Gasteiger partial charge in [-0.25, -0.2) is 0 Å². The molecular formula is C10H17N3. The Kier molecular flexibility index (Phi) is 1.82. The molecule has 1 aromatic heterocycles. The van der Waals surface area contributed by atoms with Crippen molar-refractivity contribution in [2.45, 2.75) is 33.1 Å². The van der Waals surface area contributed by atoms with Gasteiger partial charge in [-0.15, -0.1) is 0 Å². The summed E-state index contributed by atoms with van der Waals surface area (Å²) in [6.07, 6.45) is 3.83. The Hall–Kier alpha value is -0.990. The van der Waals surface area contributed by atoms with E-state index in [2.05, 4.69) is 24.0 Å². The number of rotatable bonds is 3. The van der Waals surface area contributed by atoms with Crippen LogP contribution in [-0.4, -0.2) is 10.2 Å². The molecule has 0 aliphatic heterocycles. The van der Waals surface area contributed by atoms with Crippen molar-refractivity contribution in [3.8, 4) is 0 Å². The van der Waals surface area contributed by atoms with E-state index in [0.29, 0.717) is 11.2 Å². The van der Waals surface area contributed by atoms with Gasteiger partial charge in [0.2, 0.25) is 0 Å². The van der Waals surface area contributed by atoms with Gasteiger partial charge in [-0.2, -0.15) is 5.10 Å². The van der Waals surface area contributed by atoms with E-state index in [1.807, 2.05) is 6.07 Å². The highest BCUT2D eigenvalue weighted by Gasteiger charge is 2.37. The van der Waals surface area contributed by atoms with Crippen LogP contribution in [0.5, 0.6) is 0 Å². The Morgan fingerprint density at radius 1 is 1.62 bits per heavy atom. The van der Waals surface area contributed by atoms with Gasteiger partial charge in [-0.3, -0.25) is 5.10 Å². The van der Waals surface area contributed by atoms with Gasteiger partial charge >= 0.3 is 0 Å². The van der Waals surface area contributed by atoms with Gasteiger partial charge in [0, 0.05) is 11.8 Å². The Balaban J connectivity index is 2.04. The SMILES string of the molecule is CC(C)(Cc1cc(N)n[nH]1)C1CC1. The molecule has 1 aliphatic rings. The summed E-state index contributed by atoms with van der Waals surface area (Å²) in [7, 11) is 0. The largest absolute Gasteiger partial charge is 0.382 e. The lowest BCUT2D eigenvalue weighted by Gasteiger charge is -2.23. The number of H-pyrrole nitrogens is 1. The molecule has 1 aliphatic carbocycles. The first-order chi connectivity index (χ1) is 6.08. The molecule has 72 valence electrons. The van der Waals surface area contributed by atoms with Crippen LogP contribution in [0.1, 0.15) is 32.4 Å². The van der Waals surface area contributed by atoms with Crippen LogP contribution in [0, 0.1) is 11.3 Å². The monoisotopic (exact) mass is 179 g/mol. The molecule has 0 radical (unpaired) electrons. The average molecular weight is 179 g/mol. The van der Waals surface area contributed by atoms with E-state index < -0.39 is 0 Å². The van der Waals surface area contributed by atoms with E-state index in [4.69, 9.17) is 5.73 Å². The summed E-state index contributed by atoms with van der Waals surface area (Å²) in [4.78, 5) is 0. The number of hydrogen-bond donors (Lipinski definition) is 2. The molecule has 2 rings (SSSR count). The zero-order valence-electron chi connectivity index (χ0n) is 8.30. The maximum Gasteiger partial charge on any atom is 0.145 e. The van der Waals surface area contributed by atoms with Crippen LogP contribution in [0.4, 0.5) is 5.82 Å². The second-order valence-corrected chi connectivity index (χ2v) is 4.76. The summed E-state index contributed by atoms with van der Waals surface area (Å²) >= 11 is 0. The van der Waals surface area contributed by atoms with E-state index in [0.717, 1.165) is 18.0 Å². The first-order valence-electron chi connectivity index (χ1n) is 4.88. The number of hydrogen-bond acceptors (Lipinski definition) is 2. The van der Waals surface area contributed by atoms with Crippen LogP contribution >= 0.6 is 0 Å². The smallest absolute Gasteiger partial charge is 0.145 e. The summed E-state index contributed by atoms with van der Waals surface area (Å²) in [5.41, 5.74) is 7.11. The third kappa shape index (κ3) is 1.85. The highest BCUT2D eigenvalue weighted by atomic mass is 15.2. The molecule has 1 aromatic rings. The fourth-order valence-electron chi connectivity index (χ4n) is 1.97. The molecule has 13 heavy (non-hydrogen) atoms. The molecule has 0 unspecified atom stereocenters. The molecule has 0 aromatic carbocycles. The summed E-state index contributed by atoms with van der Waals surface area (Å²) in [5.74, 6) is 1.50. The van der Waals surface area contributed by atoms with Crippen molar-refractivity contribution in [3.63, 3.8) is 0 Å². The molecule has 3 nitrogen and oxygen atoms in total. The van der Waals surface area contributed by atoms with Gasteiger partial charge in [0.1, 0.15) is 5.82 Å². The predicted octanol–water partition coefficient (Wildman–Crippen LogP) is 1.97. The number of aromatic amines is 1. The van der Waals surface area contributed by atoms with E-state index >= 15 is 0 Å². The normalized spacial score (nSPS) is 17.7. The van der Waals surface area contributed by atoms with Gasteiger partial charge in [0.25, 0.3) is 0 Å². The molecular weight excluding hydrogens is 162 g/mol.